The molecule has 2 aromatic carbocycles. The number of methoxy groups -OCH3 is 2. The van der Waals surface area contributed by atoms with Crippen LogP contribution in [0.25, 0.3) is 0 Å². The molecule has 0 unspecified atom stereocenters. The Labute approximate surface area is 229 Å². The second-order valence-electron chi connectivity index (χ2n) is 9.79. The van der Waals surface area contributed by atoms with E-state index in [9.17, 15) is 4.79 Å². The van der Waals surface area contributed by atoms with Gasteiger partial charge in [0.25, 0.3) is 0 Å². The molecule has 2 aromatic rings. The highest BCUT2D eigenvalue weighted by molar-refractivity contribution is 5.85. The highest BCUT2D eigenvalue weighted by Crippen LogP contribution is 2.18. The Morgan fingerprint density at radius 3 is 1.69 bits per heavy atom. The van der Waals surface area contributed by atoms with Crippen LogP contribution in [0.5, 0.6) is 11.5 Å². The number of nitrogens with two attached hydrogens (primary N) is 1. The third-order valence-corrected chi connectivity index (χ3v) is 7.02. The standard InChI is InChI=1S/C28H42N3O3.2ClH/c1-31(22-27(29)28(32)30-18-4-5-19-30,20-6-8-23-10-14-25(33-2)15-11-23)21-7-9-24-12-16-26(34-3)17-13-24;;/h10-17,27H,4-9,18-22,29H2,1-3H3;2*1H/q+1;;/p-1/t27-;;/m0../s1. The largest absolute Gasteiger partial charge is 1.00 e. The Hall–Kier alpha value is -1.99. The number of likely N-dealkylation sites (tertiary alicyclic amines) is 1. The van der Waals surface area contributed by atoms with E-state index in [4.69, 9.17) is 15.2 Å². The van der Waals surface area contributed by atoms with Crippen molar-refractivity contribution >= 4 is 18.3 Å². The summed E-state index contributed by atoms with van der Waals surface area (Å²) in [5.41, 5.74) is 9.09. The van der Waals surface area contributed by atoms with Crippen LogP contribution in [0.1, 0.15) is 36.8 Å². The molecule has 6 nitrogen and oxygen atoms in total. The van der Waals surface area contributed by atoms with Crippen molar-refractivity contribution < 1.29 is 31.2 Å². The molecule has 1 aliphatic rings. The van der Waals surface area contributed by atoms with Crippen molar-refractivity contribution in [3.05, 3.63) is 59.7 Å². The van der Waals surface area contributed by atoms with Crippen LogP contribution >= 0.6 is 12.4 Å². The van der Waals surface area contributed by atoms with Gasteiger partial charge >= 0.3 is 0 Å². The Bertz CT molecular complexity index is 834. The average molecular weight is 541 g/mol. The van der Waals surface area contributed by atoms with E-state index in [1.54, 1.807) is 14.2 Å². The fourth-order valence-electron chi connectivity index (χ4n) is 4.93. The van der Waals surface area contributed by atoms with Crippen molar-refractivity contribution in [1.29, 1.82) is 0 Å². The summed E-state index contributed by atoms with van der Waals surface area (Å²) in [4.78, 5) is 14.8. The molecule has 1 aliphatic heterocycles. The maximum atomic E-state index is 12.9. The number of hydrogen-bond donors (Lipinski definition) is 1. The van der Waals surface area contributed by atoms with Gasteiger partial charge in [-0.05, 0) is 61.1 Å². The molecule has 2 N–H and O–H groups in total. The zero-order valence-electron chi connectivity index (χ0n) is 22.0. The first-order valence-corrected chi connectivity index (χ1v) is 12.6. The van der Waals surface area contributed by atoms with Crippen LogP contribution in [0.4, 0.5) is 0 Å². The van der Waals surface area contributed by atoms with Crippen LogP contribution in [0, 0.1) is 0 Å². The Morgan fingerprint density at radius 1 is 0.889 bits per heavy atom. The first-order chi connectivity index (χ1) is 16.4. The monoisotopic (exact) mass is 539 g/mol. The summed E-state index contributed by atoms with van der Waals surface area (Å²) in [7, 11) is 5.65. The molecule has 1 amide bonds. The van der Waals surface area contributed by atoms with Gasteiger partial charge in [-0.1, -0.05) is 24.3 Å². The van der Waals surface area contributed by atoms with E-state index in [2.05, 4.69) is 31.3 Å². The number of quaternary nitrogens is 1. The van der Waals surface area contributed by atoms with Gasteiger partial charge in [0, 0.05) is 25.9 Å². The van der Waals surface area contributed by atoms with E-state index < -0.39 is 6.04 Å². The van der Waals surface area contributed by atoms with E-state index >= 15 is 0 Å². The fourth-order valence-corrected chi connectivity index (χ4v) is 4.93. The predicted molar refractivity (Wildman–Crippen MR) is 144 cm³/mol. The number of rotatable bonds is 13. The number of nitrogens with zero attached hydrogens (tertiary/aromatic N) is 2. The van der Waals surface area contributed by atoms with Crippen LogP contribution in [-0.2, 0) is 17.6 Å². The molecule has 1 saturated heterocycles. The van der Waals surface area contributed by atoms with Gasteiger partial charge in [0.2, 0.25) is 5.91 Å². The maximum absolute atomic E-state index is 12.9. The number of amides is 1. The lowest BCUT2D eigenvalue weighted by atomic mass is 10.1. The van der Waals surface area contributed by atoms with Crippen molar-refractivity contribution in [3.63, 3.8) is 0 Å². The Kier molecular flexibility index (Phi) is 14.2. The highest BCUT2D eigenvalue weighted by atomic mass is 35.5. The first kappa shape index (κ1) is 32.0. The zero-order valence-corrected chi connectivity index (χ0v) is 23.5. The average Bonchev–Trinajstić information content (AvgIpc) is 3.39. The van der Waals surface area contributed by atoms with Crippen LogP contribution in [0.3, 0.4) is 0 Å². The third kappa shape index (κ3) is 9.81. The third-order valence-electron chi connectivity index (χ3n) is 7.02. The highest BCUT2D eigenvalue weighted by Gasteiger charge is 2.31. The lowest BCUT2D eigenvalue weighted by molar-refractivity contribution is -0.910. The van der Waals surface area contributed by atoms with Crippen LogP contribution in [0.15, 0.2) is 48.5 Å². The molecule has 1 atom stereocenters. The molecule has 0 radical (unpaired) electrons. The van der Waals surface area contributed by atoms with Gasteiger partial charge in [0.05, 0.1) is 34.4 Å². The molecular formula is C28H43Cl2N3O3. The van der Waals surface area contributed by atoms with Gasteiger partial charge in [-0.25, -0.2) is 0 Å². The van der Waals surface area contributed by atoms with Crippen molar-refractivity contribution in [3.8, 4) is 11.5 Å². The molecule has 36 heavy (non-hydrogen) atoms. The molecule has 8 heteroatoms. The number of likely N-dealkylation sites (N-methyl/N-ethyl adjacent to an activating group) is 1. The summed E-state index contributed by atoms with van der Waals surface area (Å²) in [5.74, 6) is 1.88. The van der Waals surface area contributed by atoms with Crippen LogP contribution in [0.2, 0.25) is 0 Å². The van der Waals surface area contributed by atoms with E-state index in [0.717, 1.165) is 80.7 Å². The number of aryl methyl sites for hydroxylation is 2. The van der Waals surface area contributed by atoms with Crippen LogP contribution in [-0.4, -0.2) is 75.3 Å². The number of benzene rings is 2. The minimum Gasteiger partial charge on any atom is -1.00 e. The van der Waals surface area contributed by atoms with Crippen molar-refractivity contribution in [1.82, 2.24) is 4.90 Å². The number of ether oxygens (including phenoxy) is 2. The van der Waals surface area contributed by atoms with Gasteiger partial charge in [-0.15, -0.1) is 12.4 Å². The molecule has 0 aromatic heterocycles. The first-order valence-electron chi connectivity index (χ1n) is 12.6. The molecule has 1 heterocycles. The minimum absolute atomic E-state index is 0. The summed E-state index contributed by atoms with van der Waals surface area (Å²) in [6.07, 6.45) is 6.30. The van der Waals surface area contributed by atoms with Crippen molar-refractivity contribution in [2.24, 2.45) is 5.73 Å². The Morgan fingerprint density at radius 2 is 1.31 bits per heavy atom. The molecule has 0 aliphatic carbocycles. The lowest BCUT2D eigenvalue weighted by Gasteiger charge is -2.37. The smallest absolute Gasteiger partial charge is 0.245 e. The second-order valence-corrected chi connectivity index (χ2v) is 9.79. The normalized spacial score (nSPS) is 13.9. The number of carbonyl (C=O) groups is 1. The number of hydrogen-bond acceptors (Lipinski definition) is 4. The summed E-state index contributed by atoms with van der Waals surface area (Å²) in [6, 6.07) is 16.2. The van der Waals surface area contributed by atoms with E-state index in [-0.39, 0.29) is 30.7 Å². The van der Waals surface area contributed by atoms with E-state index in [1.807, 2.05) is 29.2 Å². The molecule has 0 bridgehead atoms. The van der Waals surface area contributed by atoms with Crippen molar-refractivity contribution in [2.45, 2.75) is 44.6 Å². The van der Waals surface area contributed by atoms with E-state index in [0.29, 0.717) is 6.54 Å². The topological polar surface area (TPSA) is 64.8 Å². The molecule has 202 valence electrons. The minimum atomic E-state index is -0.440. The van der Waals surface area contributed by atoms with Crippen molar-refractivity contribution in [2.75, 3.05) is 54.0 Å². The molecule has 0 spiro atoms. The summed E-state index contributed by atoms with van der Waals surface area (Å²) < 4.78 is 11.4. The molecule has 0 saturated carbocycles. The molecular weight excluding hydrogens is 497 g/mol. The lowest BCUT2D eigenvalue weighted by Crippen LogP contribution is -3.00. The fraction of sp³-hybridized carbons (Fsp3) is 0.536. The van der Waals surface area contributed by atoms with Gasteiger partial charge in [0.15, 0.2) is 0 Å². The SMILES string of the molecule is COc1ccc(CCC[N+](C)(CCCc2ccc(OC)cc2)C[C@H](N)C(=O)N2CCCC2)cc1.Cl.[Cl-]. The number of carbonyl (C=O) groups excluding carboxylic acids is 1. The summed E-state index contributed by atoms with van der Waals surface area (Å²) >= 11 is 0. The summed E-state index contributed by atoms with van der Waals surface area (Å²) in [5, 5.41) is 0. The second kappa shape index (κ2) is 16.0. The molecule has 1 fully saturated rings. The summed E-state index contributed by atoms with van der Waals surface area (Å²) in [6.45, 7) is 4.38. The maximum Gasteiger partial charge on any atom is 0.245 e. The van der Waals surface area contributed by atoms with Gasteiger partial charge < -0.3 is 37.0 Å². The molecule has 3 rings (SSSR count). The predicted octanol–water partition coefficient (Wildman–Crippen LogP) is 1.09. The van der Waals surface area contributed by atoms with Crippen LogP contribution < -0.4 is 27.6 Å². The quantitative estimate of drug-likeness (QED) is 0.387. The van der Waals surface area contributed by atoms with Gasteiger partial charge in [-0.2, -0.15) is 0 Å². The van der Waals surface area contributed by atoms with E-state index in [1.165, 1.54) is 11.1 Å². The van der Waals surface area contributed by atoms with Gasteiger partial charge in [-0.3, -0.25) is 4.79 Å². The Balaban J connectivity index is 0.00000324. The van der Waals surface area contributed by atoms with Gasteiger partial charge in [0.1, 0.15) is 24.1 Å². The zero-order chi connectivity index (χ0) is 24.4. The number of halogens is 2.